The van der Waals surface area contributed by atoms with Crippen LogP contribution in [0, 0.1) is 5.92 Å². The Kier molecular flexibility index (Phi) is 5.42. The molecule has 1 aliphatic carbocycles. The van der Waals surface area contributed by atoms with Crippen molar-refractivity contribution < 1.29 is 9.59 Å². The standard InChI is InChI=1S/C21H23N7O2/c22-19(29)16(8-7-12-5-6-12)27-17-11-25-18(20(23)30)21(28-17)26-14-9-13-3-1-2-4-15(13)24-10-14/h1-4,9-12,16H,5-8H2,(H2,22,29)(H2,23,30)(H2,26,27,28)/t16-/m1/s1. The SMILES string of the molecule is NC(=O)c1ncc(N[C@H](CCC2CC2)C(N)=O)nc1Nc1cnc2ccccc2c1. The predicted molar refractivity (Wildman–Crippen MR) is 114 cm³/mol. The lowest BCUT2D eigenvalue weighted by Crippen LogP contribution is -2.36. The first-order valence-corrected chi connectivity index (χ1v) is 9.84. The van der Waals surface area contributed by atoms with Crippen LogP contribution in [0.1, 0.15) is 36.2 Å². The van der Waals surface area contributed by atoms with Crippen LogP contribution in [0.15, 0.2) is 42.7 Å². The summed E-state index contributed by atoms with van der Waals surface area (Å²) < 4.78 is 0. The summed E-state index contributed by atoms with van der Waals surface area (Å²) in [4.78, 5) is 36.6. The molecular formula is C21H23N7O2. The average molecular weight is 405 g/mol. The van der Waals surface area contributed by atoms with E-state index in [4.69, 9.17) is 11.5 Å². The Morgan fingerprint density at radius 3 is 2.67 bits per heavy atom. The molecule has 0 saturated heterocycles. The number of nitrogens with one attached hydrogen (secondary N) is 2. The minimum Gasteiger partial charge on any atom is -0.368 e. The first kappa shape index (κ1) is 19.6. The van der Waals surface area contributed by atoms with Gasteiger partial charge in [0, 0.05) is 5.39 Å². The van der Waals surface area contributed by atoms with Gasteiger partial charge in [0.05, 0.1) is 23.6 Å². The molecule has 154 valence electrons. The molecule has 3 aromatic rings. The molecule has 0 aliphatic heterocycles. The van der Waals surface area contributed by atoms with E-state index >= 15 is 0 Å². The van der Waals surface area contributed by atoms with Crippen LogP contribution < -0.4 is 22.1 Å². The van der Waals surface area contributed by atoms with Crippen LogP contribution in [0.5, 0.6) is 0 Å². The number of hydrogen-bond donors (Lipinski definition) is 4. The normalized spacial score (nSPS) is 14.3. The Bertz CT molecular complexity index is 1100. The van der Waals surface area contributed by atoms with Crippen molar-refractivity contribution in [1.29, 1.82) is 0 Å². The molecule has 0 spiro atoms. The number of carbonyl (C=O) groups excluding carboxylic acids is 2. The van der Waals surface area contributed by atoms with Gasteiger partial charge in [0.2, 0.25) is 5.91 Å². The summed E-state index contributed by atoms with van der Waals surface area (Å²) in [5, 5.41) is 7.01. The third-order valence-electron chi connectivity index (χ3n) is 5.09. The van der Waals surface area contributed by atoms with Gasteiger partial charge in [0.15, 0.2) is 11.5 Å². The van der Waals surface area contributed by atoms with E-state index in [1.807, 2.05) is 30.3 Å². The maximum absolute atomic E-state index is 11.8. The monoisotopic (exact) mass is 405 g/mol. The molecule has 2 amide bonds. The number of hydrogen-bond acceptors (Lipinski definition) is 7. The lowest BCUT2D eigenvalue weighted by atomic mass is 10.1. The van der Waals surface area contributed by atoms with Crippen LogP contribution in [0.3, 0.4) is 0 Å². The minimum absolute atomic E-state index is 0.0117. The maximum Gasteiger partial charge on any atom is 0.271 e. The molecule has 1 aromatic carbocycles. The minimum atomic E-state index is -0.717. The Morgan fingerprint density at radius 2 is 1.93 bits per heavy atom. The smallest absolute Gasteiger partial charge is 0.271 e. The summed E-state index contributed by atoms with van der Waals surface area (Å²) in [5.74, 6) is 0.00981. The highest BCUT2D eigenvalue weighted by atomic mass is 16.1. The fourth-order valence-electron chi connectivity index (χ4n) is 3.28. The van der Waals surface area contributed by atoms with Gasteiger partial charge in [-0.15, -0.1) is 0 Å². The van der Waals surface area contributed by atoms with Crippen LogP contribution in [0.4, 0.5) is 17.3 Å². The number of carbonyl (C=O) groups is 2. The summed E-state index contributed by atoms with van der Waals surface area (Å²) in [6, 6.07) is 8.99. The van der Waals surface area contributed by atoms with Crippen molar-refractivity contribution in [1.82, 2.24) is 15.0 Å². The lowest BCUT2D eigenvalue weighted by molar-refractivity contribution is -0.118. The number of primary amides is 2. The highest BCUT2D eigenvalue weighted by molar-refractivity contribution is 5.96. The van der Waals surface area contributed by atoms with Crippen molar-refractivity contribution in [2.24, 2.45) is 17.4 Å². The Morgan fingerprint density at radius 1 is 1.13 bits per heavy atom. The van der Waals surface area contributed by atoms with Gasteiger partial charge in [-0.25, -0.2) is 9.97 Å². The second-order valence-corrected chi connectivity index (χ2v) is 7.48. The molecular weight excluding hydrogens is 382 g/mol. The summed E-state index contributed by atoms with van der Waals surface area (Å²) in [6.45, 7) is 0. The van der Waals surface area contributed by atoms with E-state index in [2.05, 4.69) is 25.6 Å². The molecule has 4 rings (SSSR count). The molecule has 30 heavy (non-hydrogen) atoms. The summed E-state index contributed by atoms with van der Waals surface area (Å²) in [7, 11) is 0. The lowest BCUT2D eigenvalue weighted by Gasteiger charge is -2.17. The van der Waals surface area contributed by atoms with Gasteiger partial charge < -0.3 is 22.1 Å². The third-order valence-corrected chi connectivity index (χ3v) is 5.09. The number of anilines is 3. The number of fused-ring (bicyclic) bond motifs is 1. The number of aromatic nitrogens is 3. The zero-order valence-corrected chi connectivity index (χ0v) is 16.3. The highest BCUT2D eigenvalue weighted by Gasteiger charge is 2.25. The van der Waals surface area contributed by atoms with Crippen LogP contribution in [-0.4, -0.2) is 32.8 Å². The van der Waals surface area contributed by atoms with Crippen LogP contribution in [0.2, 0.25) is 0 Å². The quantitative estimate of drug-likeness (QED) is 0.427. The van der Waals surface area contributed by atoms with Crippen molar-refractivity contribution in [2.45, 2.75) is 31.7 Å². The molecule has 0 bridgehead atoms. The molecule has 0 unspecified atom stereocenters. The molecule has 2 aromatic heterocycles. The van der Waals surface area contributed by atoms with E-state index in [1.54, 1.807) is 6.20 Å². The molecule has 1 aliphatic rings. The summed E-state index contributed by atoms with van der Waals surface area (Å²) >= 11 is 0. The topological polar surface area (TPSA) is 149 Å². The molecule has 1 atom stereocenters. The predicted octanol–water partition coefficient (Wildman–Crippen LogP) is 2.32. The first-order chi connectivity index (χ1) is 14.5. The molecule has 1 saturated carbocycles. The van der Waals surface area contributed by atoms with Crippen LogP contribution in [-0.2, 0) is 4.79 Å². The number of rotatable bonds is 9. The number of amides is 2. The van der Waals surface area contributed by atoms with E-state index in [1.165, 1.54) is 19.0 Å². The second-order valence-electron chi connectivity index (χ2n) is 7.48. The van der Waals surface area contributed by atoms with Gasteiger partial charge in [0.25, 0.3) is 5.91 Å². The van der Waals surface area contributed by atoms with Crippen molar-refractivity contribution in [3.05, 3.63) is 48.4 Å². The molecule has 2 heterocycles. The Balaban J connectivity index is 1.58. The molecule has 6 N–H and O–H groups in total. The fourth-order valence-corrected chi connectivity index (χ4v) is 3.28. The van der Waals surface area contributed by atoms with Gasteiger partial charge >= 0.3 is 0 Å². The van der Waals surface area contributed by atoms with Gasteiger partial charge in [-0.3, -0.25) is 14.6 Å². The number of para-hydroxylation sites is 1. The average Bonchev–Trinajstić information content (AvgIpc) is 3.55. The molecule has 0 radical (unpaired) electrons. The summed E-state index contributed by atoms with van der Waals surface area (Å²) in [5.41, 5.74) is 12.5. The summed E-state index contributed by atoms with van der Waals surface area (Å²) in [6.07, 6.45) is 6.96. The zero-order valence-electron chi connectivity index (χ0n) is 16.3. The number of nitrogens with zero attached hydrogens (tertiary/aromatic N) is 3. The fraction of sp³-hybridized carbons (Fsp3) is 0.286. The van der Waals surface area contributed by atoms with Crippen LogP contribution >= 0.6 is 0 Å². The first-order valence-electron chi connectivity index (χ1n) is 9.84. The number of nitrogens with two attached hydrogens (primary N) is 2. The van der Waals surface area contributed by atoms with E-state index in [0.29, 0.717) is 23.8 Å². The van der Waals surface area contributed by atoms with Crippen molar-refractivity contribution in [2.75, 3.05) is 10.6 Å². The second kappa shape index (κ2) is 8.32. The Labute approximate surface area is 173 Å². The van der Waals surface area contributed by atoms with Gasteiger partial charge in [-0.05, 0) is 30.9 Å². The van der Waals surface area contributed by atoms with E-state index in [9.17, 15) is 9.59 Å². The maximum atomic E-state index is 11.8. The number of benzene rings is 1. The van der Waals surface area contributed by atoms with E-state index in [-0.39, 0.29) is 11.5 Å². The van der Waals surface area contributed by atoms with Crippen molar-refractivity contribution >= 4 is 40.0 Å². The zero-order chi connectivity index (χ0) is 21.1. The molecule has 9 heteroatoms. The van der Waals surface area contributed by atoms with Crippen molar-refractivity contribution in [3.8, 4) is 0 Å². The Hall–Kier alpha value is -3.75. The van der Waals surface area contributed by atoms with Crippen LogP contribution in [0.25, 0.3) is 10.9 Å². The third kappa shape index (κ3) is 4.62. The van der Waals surface area contributed by atoms with E-state index < -0.39 is 17.9 Å². The molecule has 9 nitrogen and oxygen atoms in total. The number of pyridine rings is 1. The highest BCUT2D eigenvalue weighted by Crippen LogP contribution is 2.34. The van der Waals surface area contributed by atoms with Gasteiger partial charge in [-0.1, -0.05) is 31.0 Å². The van der Waals surface area contributed by atoms with Crippen molar-refractivity contribution in [3.63, 3.8) is 0 Å². The van der Waals surface area contributed by atoms with Gasteiger partial charge in [0.1, 0.15) is 11.9 Å². The molecule has 1 fully saturated rings. The van der Waals surface area contributed by atoms with Gasteiger partial charge in [-0.2, -0.15) is 0 Å². The largest absolute Gasteiger partial charge is 0.368 e. The van der Waals surface area contributed by atoms with E-state index in [0.717, 1.165) is 17.3 Å².